The third-order valence-electron chi connectivity index (χ3n) is 36.3. The van der Waals surface area contributed by atoms with E-state index in [0.29, 0.717) is 22.9 Å². The van der Waals surface area contributed by atoms with E-state index in [-0.39, 0.29) is 44.0 Å². The zero-order valence-corrected chi connectivity index (χ0v) is 61.5. The number of anilines is 2. The normalized spacial score (nSPS) is 44.3. The van der Waals surface area contributed by atoms with Gasteiger partial charge in [0.25, 0.3) is 0 Å². The van der Waals surface area contributed by atoms with Crippen LogP contribution in [0.4, 0.5) is 11.4 Å². The Morgan fingerprint density at radius 2 is 0.456 bits per heavy atom. The van der Waals surface area contributed by atoms with E-state index in [4.69, 9.17) is 20.9 Å². The van der Waals surface area contributed by atoms with Crippen molar-refractivity contribution in [2.24, 2.45) is 107 Å². The molecule has 0 aromatic heterocycles. The van der Waals surface area contributed by atoms with Crippen LogP contribution in [0.15, 0.2) is 97.1 Å². The summed E-state index contributed by atoms with van der Waals surface area (Å²) < 4.78 is 13.9. The molecule has 0 aliphatic heterocycles. The highest BCUT2D eigenvalue weighted by Crippen LogP contribution is 2.78. The number of nitrogen functional groups attached to an aromatic ring is 2. The minimum atomic E-state index is -0.692. The Labute approximate surface area is 612 Å². The van der Waals surface area contributed by atoms with Crippen LogP contribution in [0.25, 0.3) is 11.1 Å². The molecule has 25 aliphatic carbocycles. The van der Waals surface area contributed by atoms with Crippen LogP contribution in [-0.4, -0.2) is 10.2 Å². The number of hydrogen-bond acceptors (Lipinski definition) is 6. The Balaban J connectivity index is 0.866. The maximum absolute atomic E-state index is 11.1. The van der Waals surface area contributed by atoms with Gasteiger partial charge in [0.15, 0.2) is 0 Å². The molecule has 0 unspecified atom stereocenters. The third-order valence-corrected chi connectivity index (χ3v) is 36.3. The van der Waals surface area contributed by atoms with Crippen molar-refractivity contribution in [2.75, 3.05) is 11.5 Å². The van der Waals surface area contributed by atoms with Crippen molar-refractivity contribution < 1.29 is 19.7 Å². The lowest BCUT2D eigenvalue weighted by atomic mass is 9.40. The first-order valence-corrected chi connectivity index (χ1v) is 43.3. The maximum Gasteiger partial charge on any atom is 0.142 e. The predicted molar refractivity (Wildman–Crippen MR) is 408 cm³/mol. The molecular formula is C97H112N2O4. The lowest BCUT2D eigenvalue weighted by Gasteiger charge is -2.64. The quantitative estimate of drug-likeness (QED) is 0.0717. The zero-order valence-electron chi connectivity index (χ0n) is 61.5. The Bertz CT molecular complexity index is 4080. The topological polar surface area (TPSA) is 111 Å². The van der Waals surface area contributed by atoms with Gasteiger partial charge in [-0.25, -0.2) is 0 Å². The molecule has 6 aromatic rings. The van der Waals surface area contributed by atoms with Gasteiger partial charge in [-0.3, -0.25) is 0 Å². The number of hydrogen-bond donors (Lipinski definition) is 4. The molecule has 6 heteroatoms. The molecule has 0 heterocycles. The second-order valence-corrected chi connectivity index (χ2v) is 42.8. The van der Waals surface area contributed by atoms with Crippen LogP contribution in [0.1, 0.15) is 287 Å². The van der Waals surface area contributed by atoms with Crippen molar-refractivity contribution in [1.29, 1.82) is 0 Å². The van der Waals surface area contributed by atoms with Gasteiger partial charge >= 0.3 is 0 Å². The monoisotopic (exact) mass is 1370 g/mol. The molecule has 31 rings (SSSR count). The standard InChI is InChI=1S/C97H112N2O4/c98-81-11-9-75(31-83(81)100)102-73-5-1-71(2-6-73)97(72-3-7-74(8-4-72)103-76-10-12-82(99)84(101)32-76)77-33-79(91-35-53-13-54(36-91)15-55(14-53)37-91)87(93-41-59-19-60(42-93)21-61(20-59)43-93)89(95-47-65-25-66(48-95)27-67(26-65)49-95)85(77)86-78(97)34-80(92-38-56-16-57(39-92)18-58(17-56)40-92)88(94-44-62-22-63(45-94)24-64(23-62)46-94)90(86)96-50-68-28-69(51-96)30-70(29-68)52-96/h1-12,31-34,53-70,100-101H,13-30,35-52,98-99H2. The number of fused-ring (bicyclic) bond motifs is 3. The molecule has 0 amide bonds. The molecule has 0 atom stereocenters. The van der Waals surface area contributed by atoms with Crippen molar-refractivity contribution in [3.8, 4) is 45.6 Å². The molecule has 6 N–H and O–H groups in total. The van der Waals surface area contributed by atoms with Crippen molar-refractivity contribution >= 4 is 11.4 Å². The van der Waals surface area contributed by atoms with Gasteiger partial charge in [-0.15, -0.1) is 0 Å². The summed E-state index contributed by atoms with van der Waals surface area (Å²) >= 11 is 0. The SMILES string of the molecule is Nc1ccc(Oc2ccc(C3(c4ccc(Oc5ccc(N)c(O)c5)cc4)c4cc(C56CC7CC(CC(C7)C5)C6)c(C56CC7CC(CC(C7)C5)C6)c(C56CC7CC(CC(C7)C5)C6)c4-c4c3cc(C35CC6CC(CC(C6)C3)C5)c(C35CC6CC(CC(C6)C3)C5)c4C34CC5CC(CC(C5)C3)C4)cc2)cc1O. The zero-order chi connectivity index (χ0) is 67.6. The molecule has 6 aromatic carbocycles. The molecule has 6 nitrogen and oxygen atoms in total. The highest BCUT2D eigenvalue weighted by atomic mass is 16.5. The van der Waals surface area contributed by atoms with Crippen molar-refractivity contribution in [3.63, 3.8) is 0 Å². The maximum atomic E-state index is 11.1. The highest BCUT2D eigenvalue weighted by molar-refractivity contribution is 5.95. The molecule has 534 valence electrons. The fraction of sp³-hybridized carbons (Fsp3) is 0.629. The largest absolute Gasteiger partial charge is 0.506 e. The third kappa shape index (κ3) is 8.63. The number of ether oxygens (including phenoxy) is 2. The van der Waals surface area contributed by atoms with Crippen molar-refractivity contribution in [2.45, 2.75) is 269 Å². The molecule has 0 radical (unpaired) electrons. The molecule has 0 spiro atoms. The van der Waals surface area contributed by atoms with Crippen LogP contribution in [0.5, 0.6) is 34.5 Å². The summed E-state index contributed by atoms with van der Waals surface area (Å²) in [5.41, 5.74) is 35.8. The first-order valence-electron chi connectivity index (χ1n) is 43.3. The Kier molecular flexibility index (Phi) is 12.4. The van der Waals surface area contributed by atoms with E-state index in [1.54, 1.807) is 35.4 Å². The Hall–Kier alpha value is -5.88. The molecule has 24 bridgehead atoms. The van der Waals surface area contributed by atoms with Gasteiger partial charge in [0.2, 0.25) is 0 Å². The fourth-order valence-corrected chi connectivity index (χ4v) is 35.9. The highest BCUT2D eigenvalue weighted by Gasteiger charge is 2.67. The number of nitrogens with two attached hydrogens (primary N) is 2. The Morgan fingerprint density at radius 1 is 0.243 bits per heavy atom. The van der Waals surface area contributed by atoms with Gasteiger partial charge in [-0.2, -0.15) is 0 Å². The van der Waals surface area contributed by atoms with Crippen LogP contribution in [-0.2, 0) is 37.9 Å². The van der Waals surface area contributed by atoms with Crippen LogP contribution in [0.3, 0.4) is 0 Å². The number of aromatic hydroxyl groups is 2. The molecule has 24 saturated carbocycles. The summed E-state index contributed by atoms with van der Waals surface area (Å²) in [6, 6.07) is 37.0. The summed E-state index contributed by atoms with van der Waals surface area (Å²) in [5, 5.41) is 22.2. The van der Waals surface area contributed by atoms with Gasteiger partial charge in [-0.05, 0) is 485 Å². The van der Waals surface area contributed by atoms with E-state index < -0.39 is 5.41 Å². The number of phenolic OH excluding ortho intramolecular Hbond substituents is 2. The van der Waals surface area contributed by atoms with E-state index in [1.165, 1.54) is 242 Å². The van der Waals surface area contributed by atoms with Crippen molar-refractivity contribution in [3.05, 3.63) is 153 Å². The summed E-state index contributed by atoms with van der Waals surface area (Å²) in [5.74, 6) is 18.1. The van der Waals surface area contributed by atoms with E-state index in [2.05, 4.69) is 82.9 Å². The fourth-order valence-electron chi connectivity index (χ4n) is 35.9. The average molecular weight is 1370 g/mol. The van der Waals surface area contributed by atoms with E-state index in [1.807, 2.05) is 34.4 Å². The van der Waals surface area contributed by atoms with E-state index >= 15 is 0 Å². The molecule has 103 heavy (non-hydrogen) atoms. The van der Waals surface area contributed by atoms with Gasteiger partial charge in [0, 0.05) is 12.1 Å². The van der Waals surface area contributed by atoms with Gasteiger partial charge in [0.05, 0.1) is 16.8 Å². The second kappa shape index (κ2) is 20.9. The van der Waals surface area contributed by atoms with Crippen LogP contribution < -0.4 is 20.9 Å². The van der Waals surface area contributed by atoms with E-state index in [0.717, 1.165) is 118 Å². The molecule has 0 saturated heterocycles. The lowest BCUT2D eigenvalue weighted by Crippen LogP contribution is -2.55. The lowest BCUT2D eigenvalue weighted by molar-refractivity contribution is -0.0247. The minimum Gasteiger partial charge on any atom is -0.506 e. The Morgan fingerprint density at radius 3 is 0.689 bits per heavy atom. The predicted octanol–water partition coefficient (Wildman–Crippen LogP) is 23.0. The van der Waals surface area contributed by atoms with E-state index in [9.17, 15) is 10.2 Å². The summed E-state index contributed by atoms with van der Waals surface area (Å²) in [6.07, 6.45) is 52.2. The summed E-state index contributed by atoms with van der Waals surface area (Å²) in [4.78, 5) is 0. The second-order valence-electron chi connectivity index (χ2n) is 42.8. The van der Waals surface area contributed by atoms with Crippen LogP contribution in [0, 0.1) is 107 Å². The summed E-state index contributed by atoms with van der Waals surface area (Å²) in [6.45, 7) is 0. The average Bonchev–Trinajstić information content (AvgIpc) is 1.53. The van der Waals surface area contributed by atoms with Crippen molar-refractivity contribution in [1.82, 2.24) is 0 Å². The summed E-state index contributed by atoms with van der Waals surface area (Å²) in [7, 11) is 0. The van der Waals surface area contributed by atoms with Gasteiger partial charge in [0.1, 0.15) is 34.5 Å². The van der Waals surface area contributed by atoms with Crippen LogP contribution >= 0.6 is 0 Å². The van der Waals surface area contributed by atoms with Gasteiger partial charge < -0.3 is 31.2 Å². The number of rotatable bonds is 12. The van der Waals surface area contributed by atoms with Gasteiger partial charge in [-0.1, -0.05) is 36.4 Å². The first kappa shape index (κ1) is 61.2. The molecule has 25 aliphatic rings. The molecule has 24 fully saturated rings. The number of benzene rings is 6. The molecular weight excluding hydrogens is 1260 g/mol. The number of phenols is 2. The van der Waals surface area contributed by atoms with Crippen LogP contribution in [0.2, 0.25) is 0 Å². The minimum absolute atomic E-state index is 0.0583. The first-order chi connectivity index (χ1) is 50.1. The smallest absolute Gasteiger partial charge is 0.142 e.